The summed E-state index contributed by atoms with van der Waals surface area (Å²) in [6.45, 7) is 10.0. The van der Waals surface area contributed by atoms with Crippen molar-refractivity contribution in [2.24, 2.45) is 11.3 Å². The van der Waals surface area contributed by atoms with E-state index in [2.05, 4.69) is 20.8 Å². The summed E-state index contributed by atoms with van der Waals surface area (Å²) in [5.41, 5.74) is 0.118. The average Bonchev–Trinajstić information content (AvgIpc) is 2.14. The molecule has 0 saturated heterocycles. The van der Waals surface area contributed by atoms with E-state index in [0.29, 0.717) is 6.61 Å². The van der Waals surface area contributed by atoms with Crippen LogP contribution in [-0.4, -0.2) is 25.2 Å². The monoisotopic (exact) mass is 230 g/mol. The van der Waals surface area contributed by atoms with Gasteiger partial charge in [-0.15, -0.1) is 0 Å². The highest BCUT2D eigenvalue weighted by atomic mass is 16.6. The Kier molecular flexibility index (Phi) is 6.08. The summed E-state index contributed by atoms with van der Waals surface area (Å²) in [5, 5.41) is 0. The van der Waals surface area contributed by atoms with Crippen molar-refractivity contribution in [1.82, 2.24) is 0 Å². The highest BCUT2D eigenvalue weighted by Crippen LogP contribution is 2.18. The summed E-state index contributed by atoms with van der Waals surface area (Å²) >= 11 is 0. The summed E-state index contributed by atoms with van der Waals surface area (Å²) in [7, 11) is 0. The van der Waals surface area contributed by atoms with Crippen LogP contribution in [0.3, 0.4) is 0 Å². The molecule has 0 aromatic heterocycles. The van der Waals surface area contributed by atoms with Gasteiger partial charge < -0.3 is 9.47 Å². The molecule has 0 amide bonds. The van der Waals surface area contributed by atoms with Crippen LogP contribution in [0.5, 0.6) is 0 Å². The van der Waals surface area contributed by atoms with Gasteiger partial charge in [0, 0.05) is 0 Å². The second-order valence-corrected chi connectivity index (χ2v) is 4.95. The zero-order valence-corrected chi connectivity index (χ0v) is 10.8. The molecule has 4 heteroatoms. The maximum Gasteiger partial charge on any atom is 0.320 e. The van der Waals surface area contributed by atoms with E-state index in [1.54, 1.807) is 6.92 Å². The van der Waals surface area contributed by atoms with Crippen molar-refractivity contribution in [3.8, 4) is 0 Å². The van der Waals surface area contributed by atoms with Gasteiger partial charge in [-0.05, 0) is 25.7 Å². The highest BCUT2D eigenvalue weighted by Gasteiger charge is 2.24. The van der Waals surface area contributed by atoms with E-state index in [4.69, 9.17) is 9.47 Å². The van der Waals surface area contributed by atoms with Gasteiger partial charge in [0.05, 0.1) is 13.2 Å². The van der Waals surface area contributed by atoms with E-state index in [1.807, 2.05) is 0 Å². The molecular formula is C12H22O4. The van der Waals surface area contributed by atoms with Crippen molar-refractivity contribution in [2.45, 2.75) is 41.0 Å². The first-order valence-electron chi connectivity index (χ1n) is 5.61. The van der Waals surface area contributed by atoms with Gasteiger partial charge >= 0.3 is 11.9 Å². The first-order chi connectivity index (χ1) is 7.28. The normalized spacial score (nSPS) is 13.1. The second-order valence-electron chi connectivity index (χ2n) is 4.95. The Balaban J connectivity index is 3.93. The molecule has 4 nitrogen and oxygen atoms in total. The number of hydrogen-bond donors (Lipinski definition) is 0. The van der Waals surface area contributed by atoms with Crippen molar-refractivity contribution in [3.05, 3.63) is 0 Å². The predicted octanol–water partition coefficient (Wildman–Crippen LogP) is 2.17. The fraction of sp³-hybridized carbons (Fsp3) is 0.833. The largest absolute Gasteiger partial charge is 0.465 e. The summed E-state index contributed by atoms with van der Waals surface area (Å²) in [4.78, 5) is 22.6. The van der Waals surface area contributed by atoms with Crippen molar-refractivity contribution < 1.29 is 19.1 Å². The van der Waals surface area contributed by atoms with Crippen LogP contribution in [-0.2, 0) is 19.1 Å². The molecule has 16 heavy (non-hydrogen) atoms. The summed E-state index contributed by atoms with van der Waals surface area (Å²) < 4.78 is 9.74. The Morgan fingerprint density at radius 3 is 2.06 bits per heavy atom. The number of rotatable bonds is 5. The molecule has 94 valence electrons. The van der Waals surface area contributed by atoms with E-state index < -0.39 is 17.9 Å². The van der Waals surface area contributed by atoms with Gasteiger partial charge in [-0.3, -0.25) is 9.59 Å². The molecule has 1 atom stereocenters. The van der Waals surface area contributed by atoms with Crippen molar-refractivity contribution in [3.63, 3.8) is 0 Å². The standard InChI is InChI=1S/C12H22O4/c1-6-15-10(13)9(2)11(14)16-8-7-12(3,4)5/h9H,6-8H2,1-5H3. The zero-order valence-electron chi connectivity index (χ0n) is 10.8. The van der Waals surface area contributed by atoms with Crippen LogP contribution in [0, 0.1) is 11.3 Å². The molecule has 0 aliphatic rings. The maximum atomic E-state index is 11.4. The van der Waals surface area contributed by atoms with E-state index in [-0.39, 0.29) is 12.0 Å². The Morgan fingerprint density at radius 1 is 1.12 bits per heavy atom. The molecule has 0 N–H and O–H groups in total. The molecule has 0 radical (unpaired) electrons. The number of ether oxygens (including phenoxy) is 2. The first kappa shape index (κ1) is 14.9. The summed E-state index contributed by atoms with van der Waals surface area (Å²) in [6, 6.07) is 0. The maximum absolute atomic E-state index is 11.4. The fourth-order valence-electron chi connectivity index (χ4n) is 0.946. The highest BCUT2D eigenvalue weighted by molar-refractivity contribution is 5.94. The summed E-state index contributed by atoms with van der Waals surface area (Å²) in [6.07, 6.45) is 0.772. The number of hydrogen-bond acceptors (Lipinski definition) is 4. The predicted molar refractivity (Wildman–Crippen MR) is 60.8 cm³/mol. The van der Waals surface area contributed by atoms with Gasteiger partial charge in [0.25, 0.3) is 0 Å². The SMILES string of the molecule is CCOC(=O)C(C)C(=O)OCCC(C)(C)C. The molecule has 0 saturated carbocycles. The average molecular weight is 230 g/mol. The van der Waals surface area contributed by atoms with Crippen LogP contribution in [0.4, 0.5) is 0 Å². The van der Waals surface area contributed by atoms with Crippen LogP contribution in [0.15, 0.2) is 0 Å². The lowest BCUT2D eigenvalue weighted by molar-refractivity contribution is -0.161. The third kappa shape index (κ3) is 6.43. The molecule has 0 spiro atoms. The van der Waals surface area contributed by atoms with Gasteiger partial charge in [-0.25, -0.2) is 0 Å². The number of esters is 2. The van der Waals surface area contributed by atoms with Crippen LogP contribution >= 0.6 is 0 Å². The zero-order chi connectivity index (χ0) is 12.8. The van der Waals surface area contributed by atoms with Gasteiger partial charge in [0.2, 0.25) is 0 Å². The van der Waals surface area contributed by atoms with Crippen LogP contribution in [0.1, 0.15) is 41.0 Å². The minimum Gasteiger partial charge on any atom is -0.465 e. The van der Waals surface area contributed by atoms with E-state index in [9.17, 15) is 9.59 Å². The third-order valence-electron chi connectivity index (χ3n) is 2.09. The molecule has 0 fully saturated rings. The second kappa shape index (κ2) is 6.51. The molecule has 1 unspecified atom stereocenters. The Morgan fingerprint density at radius 2 is 1.62 bits per heavy atom. The van der Waals surface area contributed by atoms with E-state index >= 15 is 0 Å². The Labute approximate surface area is 97.3 Å². The Hall–Kier alpha value is -1.06. The van der Waals surface area contributed by atoms with Crippen molar-refractivity contribution in [1.29, 1.82) is 0 Å². The number of carbonyl (C=O) groups is 2. The van der Waals surface area contributed by atoms with Gasteiger partial charge in [-0.1, -0.05) is 20.8 Å². The molecule has 0 aromatic rings. The minimum atomic E-state index is -0.833. The van der Waals surface area contributed by atoms with Crippen LogP contribution in [0.2, 0.25) is 0 Å². The summed E-state index contributed by atoms with van der Waals surface area (Å²) in [5.74, 6) is -1.87. The molecule has 0 bridgehead atoms. The van der Waals surface area contributed by atoms with Gasteiger partial charge in [-0.2, -0.15) is 0 Å². The van der Waals surface area contributed by atoms with Crippen molar-refractivity contribution >= 4 is 11.9 Å². The van der Waals surface area contributed by atoms with E-state index in [0.717, 1.165) is 6.42 Å². The van der Waals surface area contributed by atoms with Gasteiger partial charge in [0.15, 0.2) is 5.92 Å². The molecule has 0 aromatic carbocycles. The Bertz CT molecular complexity index is 240. The lowest BCUT2D eigenvalue weighted by atomic mass is 9.93. The molecule has 0 aliphatic heterocycles. The fourth-order valence-corrected chi connectivity index (χ4v) is 0.946. The lowest BCUT2D eigenvalue weighted by Crippen LogP contribution is -2.26. The lowest BCUT2D eigenvalue weighted by Gasteiger charge is -2.18. The topological polar surface area (TPSA) is 52.6 Å². The van der Waals surface area contributed by atoms with Gasteiger partial charge in [0.1, 0.15) is 0 Å². The molecule has 0 heterocycles. The molecular weight excluding hydrogens is 208 g/mol. The van der Waals surface area contributed by atoms with Crippen LogP contribution < -0.4 is 0 Å². The third-order valence-corrected chi connectivity index (χ3v) is 2.09. The first-order valence-corrected chi connectivity index (χ1v) is 5.61. The smallest absolute Gasteiger partial charge is 0.320 e. The molecule has 0 rings (SSSR count). The van der Waals surface area contributed by atoms with E-state index in [1.165, 1.54) is 6.92 Å². The quantitative estimate of drug-likeness (QED) is 0.536. The van der Waals surface area contributed by atoms with Crippen molar-refractivity contribution in [2.75, 3.05) is 13.2 Å². The molecule has 0 aliphatic carbocycles. The van der Waals surface area contributed by atoms with Crippen LogP contribution in [0.25, 0.3) is 0 Å². The minimum absolute atomic E-state index is 0.118. The number of carbonyl (C=O) groups excluding carboxylic acids is 2.